The Bertz CT molecular complexity index is 824. The predicted molar refractivity (Wildman–Crippen MR) is 96.5 cm³/mol. The highest BCUT2D eigenvalue weighted by molar-refractivity contribution is 6.30. The molecule has 6 heteroatoms. The Balaban J connectivity index is 1.42. The van der Waals surface area contributed by atoms with E-state index in [1.807, 2.05) is 30.3 Å². The Morgan fingerprint density at radius 3 is 2.92 bits per heavy atom. The highest BCUT2D eigenvalue weighted by Crippen LogP contribution is 2.30. The first-order valence-electron chi connectivity index (χ1n) is 8.36. The van der Waals surface area contributed by atoms with Crippen molar-refractivity contribution in [3.8, 4) is 5.75 Å². The van der Waals surface area contributed by atoms with E-state index in [1.54, 1.807) is 6.07 Å². The lowest BCUT2D eigenvalue weighted by molar-refractivity contribution is 0.187. The van der Waals surface area contributed by atoms with E-state index in [0.29, 0.717) is 30.9 Å². The van der Waals surface area contributed by atoms with Gasteiger partial charge in [-0.3, -0.25) is 0 Å². The van der Waals surface area contributed by atoms with Crippen LogP contribution < -0.4 is 15.4 Å². The van der Waals surface area contributed by atoms with E-state index < -0.39 is 0 Å². The topological polar surface area (TPSA) is 70.6 Å². The van der Waals surface area contributed by atoms with Crippen molar-refractivity contribution in [2.45, 2.75) is 31.4 Å². The summed E-state index contributed by atoms with van der Waals surface area (Å²) >= 11 is 6.03. The fourth-order valence-electron chi connectivity index (χ4n) is 3.55. The first-order valence-corrected chi connectivity index (χ1v) is 8.74. The Labute approximate surface area is 151 Å². The lowest BCUT2D eigenvalue weighted by Crippen LogP contribution is -2.44. The minimum absolute atomic E-state index is 0.117. The molecule has 4 rings (SSSR count). The van der Waals surface area contributed by atoms with Gasteiger partial charge in [-0.2, -0.15) is 0 Å². The van der Waals surface area contributed by atoms with Crippen LogP contribution in [0, 0.1) is 0 Å². The molecule has 0 radical (unpaired) electrons. The second-order valence-electron chi connectivity index (χ2n) is 6.57. The monoisotopic (exact) mass is 358 g/mol. The number of carbonyl (C=O) groups excluding carboxylic acids is 1. The molecule has 3 N–H and O–H groups in total. The summed E-state index contributed by atoms with van der Waals surface area (Å²) in [7, 11) is 0. The van der Waals surface area contributed by atoms with Crippen molar-refractivity contribution < 1.29 is 14.6 Å². The second kappa shape index (κ2) is 6.58. The van der Waals surface area contributed by atoms with E-state index in [0.717, 1.165) is 28.1 Å². The van der Waals surface area contributed by atoms with Crippen LogP contribution in [0.1, 0.15) is 16.7 Å². The molecule has 0 saturated carbocycles. The first kappa shape index (κ1) is 16.2. The lowest BCUT2D eigenvalue weighted by Gasteiger charge is -2.26. The summed E-state index contributed by atoms with van der Waals surface area (Å²) in [5.41, 5.74) is 3.86. The van der Waals surface area contributed by atoms with Crippen LogP contribution in [0.5, 0.6) is 5.75 Å². The molecule has 5 nitrogen and oxygen atoms in total. The number of ether oxygens (including phenoxy) is 1. The van der Waals surface area contributed by atoms with Gasteiger partial charge in [0.25, 0.3) is 0 Å². The number of fused-ring (bicyclic) bond motifs is 2. The number of amides is 2. The van der Waals surface area contributed by atoms with E-state index in [9.17, 15) is 9.90 Å². The van der Waals surface area contributed by atoms with Crippen LogP contribution in [0.3, 0.4) is 0 Å². The maximum Gasteiger partial charge on any atom is 0.319 e. The van der Waals surface area contributed by atoms with Crippen molar-refractivity contribution in [2.75, 3.05) is 11.9 Å². The number of hydrogen-bond acceptors (Lipinski definition) is 3. The number of nitrogens with one attached hydrogen (secondary N) is 2. The number of aliphatic hydroxyl groups is 1. The fraction of sp³-hybridized carbons (Fsp3) is 0.316. The number of rotatable bonds is 2. The zero-order valence-corrected chi connectivity index (χ0v) is 14.3. The quantitative estimate of drug-likeness (QED) is 0.773. The Hall–Kier alpha value is -2.24. The molecule has 130 valence electrons. The van der Waals surface area contributed by atoms with Gasteiger partial charge in [0.2, 0.25) is 0 Å². The molecule has 2 aromatic carbocycles. The molecular weight excluding hydrogens is 340 g/mol. The molecule has 0 bridgehead atoms. The largest absolute Gasteiger partial charge is 0.491 e. The van der Waals surface area contributed by atoms with E-state index in [1.165, 1.54) is 0 Å². The Kier molecular flexibility index (Phi) is 4.27. The molecule has 0 saturated heterocycles. The molecule has 0 fully saturated rings. The molecular formula is C19H19ClN2O3. The van der Waals surface area contributed by atoms with E-state index in [-0.39, 0.29) is 18.2 Å². The Morgan fingerprint density at radius 2 is 2.04 bits per heavy atom. The maximum absolute atomic E-state index is 12.4. The minimum atomic E-state index is -0.367. The number of benzene rings is 2. The molecule has 2 amide bonds. The van der Waals surface area contributed by atoms with Gasteiger partial charge in [-0.15, -0.1) is 0 Å². The molecule has 2 unspecified atom stereocenters. The van der Waals surface area contributed by atoms with Crippen LogP contribution in [-0.2, 0) is 19.3 Å². The average Bonchev–Trinajstić information content (AvgIpc) is 2.96. The SMILES string of the molecule is O=C(Nc1cccc2c1CC(O)C2)NC1COc2ccc(Cl)cc2C1. The second-order valence-corrected chi connectivity index (χ2v) is 7.00. The zero-order chi connectivity index (χ0) is 17.4. The molecule has 2 atom stereocenters. The number of halogens is 1. The number of urea groups is 1. The van der Waals surface area contributed by atoms with Gasteiger partial charge in [0, 0.05) is 17.1 Å². The van der Waals surface area contributed by atoms with E-state index >= 15 is 0 Å². The summed E-state index contributed by atoms with van der Waals surface area (Å²) < 4.78 is 5.70. The first-order chi connectivity index (χ1) is 12.1. The third-order valence-electron chi connectivity index (χ3n) is 4.68. The number of aliphatic hydroxyl groups excluding tert-OH is 1. The summed E-state index contributed by atoms with van der Waals surface area (Å²) in [4.78, 5) is 12.4. The number of hydrogen-bond donors (Lipinski definition) is 3. The van der Waals surface area contributed by atoms with Gasteiger partial charge >= 0.3 is 6.03 Å². The van der Waals surface area contributed by atoms with Gasteiger partial charge in [-0.1, -0.05) is 23.7 Å². The average molecular weight is 359 g/mol. The van der Waals surface area contributed by atoms with Crippen molar-refractivity contribution in [3.63, 3.8) is 0 Å². The van der Waals surface area contributed by atoms with Gasteiger partial charge in [0.15, 0.2) is 0 Å². The van der Waals surface area contributed by atoms with Gasteiger partial charge in [-0.25, -0.2) is 4.79 Å². The van der Waals surface area contributed by atoms with Gasteiger partial charge in [0.1, 0.15) is 12.4 Å². The van der Waals surface area contributed by atoms with Crippen LogP contribution in [0.15, 0.2) is 36.4 Å². The van der Waals surface area contributed by atoms with E-state index in [2.05, 4.69) is 10.6 Å². The van der Waals surface area contributed by atoms with Crippen molar-refractivity contribution in [1.29, 1.82) is 0 Å². The van der Waals surface area contributed by atoms with Crippen LogP contribution in [-0.4, -0.2) is 29.9 Å². The van der Waals surface area contributed by atoms with Crippen molar-refractivity contribution >= 4 is 23.3 Å². The van der Waals surface area contributed by atoms with Crippen LogP contribution >= 0.6 is 11.6 Å². The maximum atomic E-state index is 12.4. The summed E-state index contributed by atoms with van der Waals surface area (Å²) in [6, 6.07) is 10.9. The molecule has 1 aliphatic heterocycles. The normalized spacial score (nSPS) is 21.0. The third kappa shape index (κ3) is 3.43. The predicted octanol–water partition coefficient (Wildman–Crippen LogP) is 2.92. The molecule has 0 spiro atoms. The standard InChI is InChI=1S/C19H19ClN2O3/c20-13-4-5-18-12(6-13)7-14(10-25-18)21-19(24)22-17-3-1-2-11-8-15(23)9-16(11)17/h1-6,14-15,23H,7-10H2,(H2,21,22,24). The summed E-state index contributed by atoms with van der Waals surface area (Å²) in [6.07, 6.45) is 1.52. The Morgan fingerprint density at radius 1 is 1.16 bits per heavy atom. The lowest BCUT2D eigenvalue weighted by atomic mass is 10.0. The highest BCUT2D eigenvalue weighted by atomic mass is 35.5. The molecule has 1 heterocycles. The third-order valence-corrected chi connectivity index (χ3v) is 4.92. The van der Waals surface area contributed by atoms with Gasteiger partial charge in [0.05, 0.1) is 12.1 Å². The zero-order valence-electron chi connectivity index (χ0n) is 13.6. The summed E-state index contributed by atoms with van der Waals surface area (Å²) in [5.74, 6) is 0.817. The summed E-state index contributed by atoms with van der Waals surface area (Å²) in [5, 5.41) is 16.3. The van der Waals surface area contributed by atoms with Crippen LogP contribution in [0.25, 0.3) is 0 Å². The van der Waals surface area contributed by atoms with E-state index in [4.69, 9.17) is 16.3 Å². The molecule has 2 aliphatic rings. The molecule has 25 heavy (non-hydrogen) atoms. The number of anilines is 1. The van der Waals surface area contributed by atoms with Crippen LogP contribution in [0.4, 0.5) is 10.5 Å². The molecule has 2 aromatic rings. The number of carbonyl (C=O) groups is 1. The fourth-order valence-corrected chi connectivity index (χ4v) is 3.74. The molecule has 0 aromatic heterocycles. The smallest absolute Gasteiger partial charge is 0.319 e. The van der Waals surface area contributed by atoms with Crippen LogP contribution in [0.2, 0.25) is 5.02 Å². The van der Waals surface area contributed by atoms with Gasteiger partial charge < -0.3 is 20.5 Å². The summed E-state index contributed by atoms with van der Waals surface area (Å²) in [6.45, 7) is 0.424. The highest BCUT2D eigenvalue weighted by Gasteiger charge is 2.24. The van der Waals surface area contributed by atoms with Crippen molar-refractivity contribution in [2.24, 2.45) is 0 Å². The minimum Gasteiger partial charge on any atom is -0.491 e. The van der Waals surface area contributed by atoms with Gasteiger partial charge in [-0.05, 0) is 53.8 Å². The van der Waals surface area contributed by atoms with Crippen molar-refractivity contribution in [3.05, 3.63) is 58.1 Å². The van der Waals surface area contributed by atoms with Crippen molar-refractivity contribution in [1.82, 2.24) is 5.32 Å². The molecule has 1 aliphatic carbocycles.